The molecule has 0 atom stereocenters. The smallest absolute Gasteiger partial charge is 0.210 e. The number of aromatic nitrogens is 2. The highest BCUT2D eigenvalue weighted by atomic mass is 16.1. The molecule has 2 heterocycles. The second kappa shape index (κ2) is 4.95. The summed E-state index contributed by atoms with van der Waals surface area (Å²) in [6, 6.07) is 7.47. The minimum atomic E-state index is -0.0202. The molecular formula is C19H16N2O2. The van der Waals surface area contributed by atoms with Crippen molar-refractivity contribution in [2.75, 3.05) is 0 Å². The molecular weight excluding hydrogens is 288 g/mol. The molecule has 4 nitrogen and oxygen atoms in total. The number of rotatable bonds is 3. The van der Waals surface area contributed by atoms with Crippen LogP contribution in [0, 0.1) is 0 Å². The maximum atomic E-state index is 12.7. The molecule has 0 bridgehead atoms. The molecule has 2 aromatic carbocycles. The summed E-state index contributed by atoms with van der Waals surface area (Å²) < 4.78 is 0. The summed E-state index contributed by atoms with van der Waals surface area (Å²) in [7, 11) is 0. The van der Waals surface area contributed by atoms with E-state index in [1.54, 1.807) is 0 Å². The van der Waals surface area contributed by atoms with Crippen LogP contribution in [-0.2, 0) is 12.8 Å². The van der Waals surface area contributed by atoms with Crippen LogP contribution < -0.4 is 10.9 Å². The van der Waals surface area contributed by atoms with Gasteiger partial charge in [0.05, 0.1) is 33.2 Å². The van der Waals surface area contributed by atoms with Crippen molar-refractivity contribution in [1.82, 2.24) is 9.97 Å². The number of aryl methyl sites for hydroxylation is 2. The van der Waals surface area contributed by atoms with Crippen LogP contribution in [0.4, 0.5) is 0 Å². The van der Waals surface area contributed by atoms with Crippen LogP contribution in [0.1, 0.15) is 31.7 Å². The van der Waals surface area contributed by atoms with Crippen molar-refractivity contribution in [3.05, 3.63) is 56.1 Å². The summed E-state index contributed by atoms with van der Waals surface area (Å²) in [6.07, 6.45) is 2.18. The molecule has 0 N–H and O–H groups in total. The van der Waals surface area contributed by atoms with Gasteiger partial charge < -0.3 is 0 Å². The third-order valence-electron chi connectivity index (χ3n) is 4.47. The van der Waals surface area contributed by atoms with Gasteiger partial charge in [0.25, 0.3) is 0 Å². The van der Waals surface area contributed by atoms with Gasteiger partial charge in [0.15, 0.2) is 0 Å². The minimum Gasteiger partial charge on any atom is -0.287 e. The summed E-state index contributed by atoms with van der Waals surface area (Å²) in [5, 5.41) is 2.87. The van der Waals surface area contributed by atoms with Gasteiger partial charge in [-0.2, -0.15) is 0 Å². The first-order valence-corrected chi connectivity index (χ1v) is 8.00. The van der Waals surface area contributed by atoms with Crippen molar-refractivity contribution in [1.29, 1.82) is 0 Å². The van der Waals surface area contributed by atoms with Gasteiger partial charge in [-0.3, -0.25) is 9.59 Å². The Morgan fingerprint density at radius 3 is 1.83 bits per heavy atom. The average Bonchev–Trinajstić information content (AvgIpc) is 3.05. The zero-order valence-electron chi connectivity index (χ0n) is 13.1. The highest BCUT2D eigenvalue weighted by Crippen LogP contribution is 2.28. The molecule has 2 aromatic heterocycles. The molecule has 0 aliphatic heterocycles. The van der Waals surface area contributed by atoms with Crippen molar-refractivity contribution in [3.8, 4) is 0 Å². The van der Waals surface area contributed by atoms with Crippen LogP contribution in [0.2, 0.25) is 0 Å². The topological polar surface area (TPSA) is 59.9 Å². The Bertz CT molecular complexity index is 1150. The van der Waals surface area contributed by atoms with E-state index >= 15 is 0 Å². The highest BCUT2D eigenvalue weighted by molar-refractivity contribution is 6.16. The monoisotopic (exact) mass is 304 g/mol. The molecule has 0 radical (unpaired) electrons. The van der Waals surface area contributed by atoms with Gasteiger partial charge in [0.2, 0.25) is 10.9 Å². The normalized spacial score (nSPS) is 11.9. The third kappa shape index (κ3) is 1.84. The molecule has 0 unspecified atom stereocenters. The number of nitrogens with zero attached hydrogens (tertiary/aromatic N) is 2. The Morgan fingerprint density at radius 1 is 0.783 bits per heavy atom. The number of fused-ring (bicyclic) bond motifs is 5. The molecule has 0 aliphatic rings. The summed E-state index contributed by atoms with van der Waals surface area (Å²) >= 11 is 0. The molecule has 0 fully saturated rings. The molecule has 0 saturated carbocycles. The Kier molecular flexibility index (Phi) is 3.01. The van der Waals surface area contributed by atoms with Gasteiger partial charge in [0.1, 0.15) is 0 Å². The van der Waals surface area contributed by atoms with Crippen molar-refractivity contribution in [2.24, 2.45) is 0 Å². The average molecular weight is 304 g/mol. The number of hydrogen-bond acceptors (Lipinski definition) is 4. The second-order valence-corrected chi connectivity index (χ2v) is 5.89. The van der Waals surface area contributed by atoms with E-state index in [2.05, 4.69) is 9.97 Å². The van der Waals surface area contributed by atoms with Gasteiger partial charge in [-0.25, -0.2) is 9.97 Å². The maximum Gasteiger partial charge on any atom is 0.210 e. The van der Waals surface area contributed by atoms with Crippen LogP contribution in [0.3, 0.4) is 0 Å². The number of benzene rings is 2. The molecule has 4 heteroatoms. The van der Waals surface area contributed by atoms with Gasteiger partial charge in [-0.15, -0.1) is 0 Å². The van der Waals surface area contributed by atoms with Gasteiger partial charge >= 0.3 is 0 Å². The summed E-state index contributed by atoms with van der Waals surface area (Å²) in [5.74, 6) is 0. The SMILES string of the molecule is CCCc1nc2ccc3c(ccc4nc(CC)c(=O)c43)c2c1=O. The Morgan fingerprint density at radius 2 is 1.30 bits per heavy atom. The van der Waals surface area contributed by atoms with E-state index in [-0.39, 0.29) is 10.9 Å². The van der Waals surface area contributed by atoms with Gasteiger partial charge in [-0.1, -0.05) is 32.4 Å². The number of hydrogen-bond donors (Lipinski definition) is 0. The van der Waals surface area contributed by atoms with E-state index in [0.29, 0.717) is 46.0 Å². The molecule has 4 rings (SSSR count). The van der Waals surface area contributed by atoms with E-state index in [0.717, 1.165) is 17.2 Å². The van der Waals surface area contributed by atoms with E-state index in [9.17, 15) is 9.59 Å². The third-order valence-corrected chi connectivity index (χ3v) is 4.47. The molecule has 114 valence electrons. The summed E-state index contributed by atoms with van der Waals surface area (Å²) in [5.41, 5.74) is 2.60. The summed E-state index contributed by atoms with van der Waals surface area (Å²) in [6.45, 7) is 3.96. The molecule has 0 aliphatic carbocycles. The fraction of sp³-hybridized carbons (Fsp3) is 0.263. The fourth-order valence-electron chi connectivity index (χ4n) is 3.37. The standard InChI is InChI=1S/C19H16N2O2/c1-3-5-15-19(23)17-11-6-8-13-16(18(22)12(4-2)20-13)10(11)7-9-14(17)21-15/h6-9H,3-5H2,1-2H3. The van der Waals surface area contributed by atoms with Crippen molar-refractivity contribution < 1.29 is 0 Å². The van der Waals surface area contributed by atoms with Crippen LogP contribution >= 0.6 is 0 Å². The Labute approximate surface area is 132 Å². The van der Waals surface area contributed by atoms with Crippen molar-refractivity contribution in [2.45, 2.75) is 33.1 Å². The lowest BCUT2D eigenvalue weighted by Gasteiger charge is -1.99. The minimum absolute atomic E-state index is 0.00511. The van der Waals surface area contributed by atoms with Gasteiger partial charge in [-0.05, 0) is 35.7 Å². The lowest BCUT2D eigenvalue weighted by Crippen LogP contribution is -2.04. The van der Waals surface area contributed by atoms with E-state index in [1.807, 2.05) is 38.1 Å². The Hall–Kier alpha value is -2.62. The molecule has 23 heavy (non-hydrogen) atoms. The fourth-order valence-corrected chi connectivity index (χ4v) is 3.37. The van der Waals surface area contributed by atoms with Crippen molar-refractivity contribution >= 4 is 32.6 Å². The zero-order valence-corrected chi connectivity index (χ0v) is 13.1. The van der Waals surface area contributed by atoms with E-state index in [4.69, 9.17) is 0 Å². The first kappa shape index (κ1) is 14.0. The lowest BCUT2D eigenvalue weighted by atomic mass is 10.0. The van der Waals surface area contributed by atoms with Crippen LogP contribution in [0.5, 0.6) is 0 Å². The predicted octanol–water partition coefficient (Wildman–Crippen LogP) is 3.05. The van der Waals surface area contributed by atoms with Crippen LogP contribution in [-0.4, -0.2) is 9.97 Å². The predicted molar refractivity (Wildman–Crippen MR) is 92.8 cm³/mol. The van der Waals surface area contributed by atoms with Gasteiger partial charge in [0, 0.05) is 0 Å². The first-order chi connectivity index (χ1) is 11.2. The zero-order chi connectivity index (χ0) is 16.1. The molecule has 0 saturated heterocycles. The molecule has 4 aromatic rings. The van der Waals surface area contributed by atoms with Crippen LogP contribution in [0.15, 0.2) is 33.9 Å². The van der Waals surface area contributed by atoms with E-state index in [1.165, 1.54) is 0 Å². The second-order valence-electron chi connectivity index (χ2n) is 5.89. The quantitative estimate of drug-likeness (QED) is 0.583. The van der Waals surface area contributed by atoms with Crippen LogP contribution in [0.25, 0.3) is 32.6 Å². The summed E-state index contributed by atoms with van der Waals surface area (Å²) in [4.78, 5) is 34.1. The highest BCUT2D eigenvalue weighted by Gasteiger charge is 2.17. The largest absolute Gasteiger partial charge is 0.287 e. The molecule has 0 spiro atoms. The maximum absolute atomic E-state index is 12.7. The Balaban J connectivity index is 2.19. The molecule has 0 amide bonds. The van der Waals surface area contributed by atoms with E-state index < -0.39 is 0 Å². The lowest BCUT2D eigenvalue weighted by molar-refractivity contribution is 0.889. The van der Waals surface area contributed by atoms with Crippen molar-refractivity contribution in [3.63, 3.8) is 0 Å². The first-order valence-electron chi connectivity index (χ1n) is 8.00.